The van der Waals surface area contributed by atoms with Crippen LogP contribution in [0.4, 0.5) is 0 Å². The van der Waals surface area contributed by atoms with E-state index >= 15 is 0 Å². The summed E-state index contributed by atoms with van der Waals surface area (Å²) in [7, 11) is 0. The smallest absolute Gasteiger partial charge is 0.225 e. The number of hydrogen-bond acceptors (Lipinski definition) is 5. The molecule has 0 aromatic carbocycles. The Morgan fingerprint density at radius 3 is 3.06 bits per heavy atom. The quantitative estimate of drug-likeness (QED) is 0.731. The lowest BCUT2D eigenvalue weighted by Gasteiger charge is -2.31. The van der Waals surface area contributed by atoms with Gasteiger partial charge in [-0.25, -0.2) is 0 Å². The second-order valence-electron chi connectivity index (χ2n) is 4.19. The summed E-state index contributed by atoms with van der Waals surface area (Å²) in [5.74, 6) is 1.02. The zero-order valence-corrected chi connectivity index (χ0v) is 8.80. The Balaban J connectivity index is 1.67. The van der Waals surface area contributed by atoms with Crippen LogP contribution in [-0.2, 0) is 9.53 Å². The van der Waals surface area contributed by atoms with Gasteiger partial charge in [0.1, 0.15) is 6.10 Å². The van der Waals surface area contributed by atoms with Gasteiger partial charge < -0.3 is 9.64 Å². The molecule has 1 unspecified atom stereocenters. The fourth-order valence-corrected chi connectivity index (χ4v) is 1.90. The molecule has 0 radical (unpaired) electrons. The van der Waals surface area contributed by atoms with Crippen LogP contribution in [0.5, 0.6) is 0 Å². The summed E-state index contributed by atoms with van der Waals surface area (Å²) in [6.07, 6.45) is 1.82. The molecule has 1 atom stereocenters. The van der Waals surface area contributed by atoms with E-state index in [0.717, 1.165) is 12.8 Å². The number of morpholine rings is 1. The maximum atomic E-state index is 11.9. The summed E-state index contributed by atoms with van der Waals surface area (Å²) in [5.41, 5.74) is 0. The number of ether oxygens (including phenoxy) is 1. The average molecular weight is 223 g/mol. The van der Waals surface area contributed by atoms with E-state index in [4.69, 9.17) is 4.74 Å². The van der Waals surface area contributed by atoms with Gasteiger partial charge in [0.15, 0.2) is 0 Å². The Hall–Kier alpha value is -1.50. The SMILES string of the molecule is O=C(C1CC1)N1CCOC(c2nn[nH]n2)C1. The summed E-state index contributed by atoms with van der Waals surface area (Å²) < 4.78 is 5.52. The molecule has 7 heteroatoms. The molecule has 0 spiro atoms. The standard InChI is InChI=1S/C9H13N5O2/c15-9(6-1-2-6)14-3-4-16-7(5-14)8-10-12-13-11-8/h6-7H,1-5H2,(H,10,11,12,13). The van der Waals surface area contributed by atoms with Crippen LogP contribution in [0.3, 0.4) is 0 Å². The average Bonchev–Trinajstić information content (AvgIpc) is 3.03. The number of amides is 1. The molecule has 0 bridgehead atoms. The van der Waals surface area contributed by atoms with Crippen molar-refractivity contribution in [3.63, 3.8) is 0 Å². The third kappa shape index (κ3) is 1.78. The highest BCUT2D eigenvalue weighted by atomic mass is 16.5. The normalized spacial score (nSPS) is 25.8. The summed E-state index contributed by atoms with van der Waals surface area (Å²) >= 11 is 0. The maximum Gasteiger partial charge on any atom is 0.225 e. The maximum absolute atomic E-state index is 11.9. The van der Waals surface area contributed by atoms with Crippen molar-refractivity contribution < 1.29 is 9.53 Å². The predicted octanol–water partition coefficient (Wildman–Crippen LogP) is -0.490. The molecule has 86 valence electrons. The summed E-state index contributed by atoms with van der Waals surface area (Å²) in [6.45, 7) is 1.75. The molecular weight excluding hydrogens is 210 g/mol. The van der Waals surface area contributed by atoms with Gasteiger partial charge in [0, 0.05) is 12.5 Å². The Bertz CT molecular complexity index is 375. The van der Waals surface area contributed by atoms with E-state index in [9.17, 15) is 4.79 Å². The van der Waals surface area contributed by atoms with Crippen LogP contribution < -0.4 is 0 Å². The number of carbonyl (C=O) groups is 1. The molecule has 1 aromatic rings. The molecule has 2 aliphatic rings. The van der Waals surface area contributed by atoms with Gasteiger partial charge in [-0.3, -0.25) is 4.79 Å². The van der Waals surface area contributed by atoms with Gasteiger partial charge in [-0.05, 0) is 12.8 Å². The minimum Gasteiger partial charge on any atom is -0.366 e. The molecule has 1 N–H and O–H groups in total. The molecule has 1 saturated carbocycles. The Morgan fingerprint density at radius 2 is 2.38 bits per heavy atom. The molecular formula is C9H13N5O2. The van der Waals surface area contributed by atoms with E-state index in [-0.39, 0.29) is 17.9 Å². The van der Waals surface area contributed by atoms with Crippen molar-refractivity contribution in [3.05, 3.63) is 5.82 Å². The van der Waals surface area contributed by atoms with Crippen molar-refractivity contribution in [2.75, 3.05) is 19.7 Å². The van der Waals surface area contributed by atoms with Crippen molar-refractivity contribution in [1.29, 1.82) is 0 Å². The van der Waals surface area contributed by atoms with Gasteiger partial charge in [0.05, 0.1) is 13.2 Å². The van der Waals surface area contributed by atoms with Crippen LogP contribution in [0.2, 0.25) is 0 Å². The van der Waals surface area contributed by atoms with E-state index in [1.54, 1.807) is 0 Å². The zero-order chi connectivity index (χ0) is 11.0. The topological polar surface area (TPSA) is 84.0 Å². The molecule has 1 aliphatic carbocycles. The summed E-state index contributed by atoms with van der Waals surface area (Å²) in [6, 6.07) is 0. The fourth-order valence-electron chi connectivity index (χ4n) is 1.90. The van der Waals surface area contributed by atoms with Crippen molar-refractivity contribution in [3.8, 4) is 0 Å². The van der Waals surface area contributed by atoms with Crippen LogP contribution >= 0.6 is 0 Å². The van der Waals surface area contributed by atoms with Crippen LogP contribution in [0, 0.1) is 5.92 Å². The van der Waals surface area contributed by atoms with Gasteiger partial charge in [-0.15, -0.1) is 10.2 Å². The number of nitrogens with zero attached hydrogens (tertiary/aromatic N) is 4. The number of tetrazole rings is 1. The molecule has 1 aromatic heterocycles. The number of hydrogen-bond donors (Lipinski definition) is 1. The predicted molar refractivity (Wildman–Crippen MR) is 52.2 cm³/mol. The number of rotatable bonds is 2. The highest BCUT2D eigenvalue weighted by Gasteiger charge is 2.36. The highest BCUT2D eigenvalue weighted by Crippen LogP contribution is 2.32. The number of H-pyrrole nitrogens is 1. The first kappa shape index (κ1) is 9.71. The molecule has 2 fully saturated rings. The number of aromatic nitrogens is 4. The van der Waals surface area contributed by atoms with Gasteiger partial charge in [0.25, 0.3) is 0 Å². The van der Waals surface area contributed by atoms with Crippen molar-refractivity contribution in [1.82, 2.24) is 25.5 Å². The highest BCUT2D eigenvalue weighted by molar-refractivity contribution is 5.81. The first-order valence-electron chi connectivity index (χ1n) is 5.48. The van der Waals surface area contributed by atoms with Crippen molar-refractivity contribution >= 4 is 5.91 Å². The minimum absolute atomic E-state index is 0.241. The third-order valence-corrected chi connectivity index (χ3v) is 2.95. The molecule has 1 aliphatic heterocycles. The third-order valence-electron chi connectivity index (χ3n) is 2.95. The number of carbonyl (C=O) groups excluding carboxylic acids is 1. The van der Waals surface area contributed by atoms with Crippen LogP contribution in [0.1, 0.15) is 24.8 Å². The molecule has 7 nitrogen and oxygen atoms in total. The number of nitrogens with one attached hydrogen (secondary N) is 1. The Kier molecular flexibility index (Phi) is 2.32. The van der Waals surface area contributed by atoms with Crippen LogP contribution in [-0.4, -0.2) is 51.1 Å². The Morgan fingerprint density at radius 1 is 1.50 bits per heavy atom. The molecule has 1 amide bonds. The lowest BCUT2D eigenvalue weighted by atomic mass is 10.2. The molecule has 2 heterocycles. The summed E-state index contributed by atoms with van der Waals surface area (Å²) in [4.78, 5) is 13.7. The van der Waals surface area contributed by atoms with Crippen LogP contribution in [0.15, 0.2) is 0 Å². The van der Waals surface area contributed by atoms with Gasteiger partial charge >= 0.3 is 0 Å². The fraction of sp³-hybridized carbons (Fsp3) is 0.778. The Labute approximate surface area is 92.1 Å². The lowest BCUT2D eigenvalue weighted by molar-refractivity contribution is -0.140. The van der Waals surface area contributed by atoms with E-state index in [2.05, 4.69) is 20.6 Å². The summed E-state index contributed by atoms with van der Waals surface area (Å²) in [5, 5.41) is 13.7. The van der Waals surface area contributed by atoms with Crippen molar-refractivity contribution in [2.45, 2.75) is 18.9 Å². The zero-order valence-electron chi connectivity index (χ0n) is 8.80. The van der Waals surface area contributed by atoms with Gasteiger partial charge in [0.2, 0.25) is 11.7 Å². The molecule has 1 saturated heterocycles. The lowest BCUT2D eigenvalue weighted by Crippen LogP contribution is -2.43. The first-order valence-corrected chi connectivity index (χ1v) is 5.48. The first-order chi connectivity index (χ1) is 7.84. The molecule has 3 rings (SSSR count). The van der Waals surface area contributed by atoms with Crippen molar-refractivity contribution in [2.24, 2.45) is 5.92 Å². The molecule has 16 heavy (non-hydrogen) atoms. The van der Waals surface area contributed by atoms with Gasteiger partial charge in [-0.1, -0.05) is 5.21 Å². The second-order valence-corrected chi connectivity index (χ2v) is 4.19. The van der Waals surface area contributed by atoms with E-state index in [1.165, 1.54) is 0 Å². The van der Waals surface area contributed by atoms with Gasteiger partial charge in [-0.2, -0.15) is 5.21 Å². The second kappa shape index (κ2) is 3.82. The van der Waals surface area contributed by atoms with E-state index < -0.39 is 0 Å². The van der Waals surface area contributed by atoms with Crippen LogP contribution in [0.25, 0.3) is 0 Å². The van der Waals surface area contributed by atoms with E-state index in [1.807, 2.05) is 4.90 Å². The minimum atomic E-state index is -0.241. The van der Waals surface area contributed by atoms with E-state index in [0.29, 0.717) is 25.5 Å². The monoisotopic (exact) mass is 223 g/mol. The number of aromatic amines is 1. The largest absolute Gasteiger partial charge is 0.366 e.